The summed E-state index contributed by atoms with van der Waals surface area (Å²) >= 11 is 1.68. The normalized spacial score (nSPS) is 12.4. The second kappa shape index (κ2) is 7.05. The number of hydrogen-bond acceptors (Lipinski definition) is 7. The largest absolute Gasteiger partial charge is 0.496 e. The number of carbonyl (C=O) groups is 1. The maximum Gasteiger partial charge on any atom is 0.179 e. The molecule has 0 unspecified atom stereocenters. The predicted octanol–water partition coefficient (Wildman–Crippen LogP) is 3.22. The number of rotatable bonds is 5. The van der Waals surface area contributed by atoms with Crippen LogP contribution in [-0.2, 0) is 11.2 Å². The number of allylic oxidation sites excluding steroid dienone is 2. The molecule has 0 aliphatic carbocycles. The Balaban J connectivity index is 1.98. The maximum absolute atomic E-state index is 12.2. The van der Waals surface area contributed by atoms with Gasteiger partial charge in [-0.1, -0.05) is 6.07 Å². The first-order valence-corrected chi connectivity index (χ1v) is 9.58. The first-order valence-electron chi connectivity index (χ1n) is 8.70. The summed E-state index contributed by atoms with van der Waals surface area (Å²) in [6.45, 7) is 3.20. The molecule has 3 aromatic heterocycles. The Morgan fingerprint density at radius 1 is 1.29 bits per heavy atom. The van der Waals surface area contributed by atoms with E-state index in [9.17, 15) is 4.79 Å². The highest BCUT2D eigenvalue weighted by Gasteiger charge is 2.19. The number of aromatic nitrogens is 4. The van der Waals surface area contributed by atoms with E-state index in [2.05, 4.69) is 21.2 Å². The molecule has 1 aromatic carbocycles. The minimum Gasteiger partial charge on any atom is -0.496 e. The number of ether oxygens (including phenoxy) is 1. The van der Waals surface area contributed by atoms with Gasteiger partial charge in [-0.05, 0) is 31.4 Å². The van der Waals surface area contributed by atoms with Crippen LogP contribution in [-0.4, -0.2) is 32.5 Å². The van der Waals surface area contributed by atoms with Crippen LogP contribution in [0.15, 0.2) is 41.5 Å². The molecule has 2 N–H and O–H groups in total. The summed E-state index contributed by atoms with van der Waals surface area (Å²) in [6, 6.07) is 7.78. The summed E-state index contributed by atoms with van der Waals surface area (Å²) in [6.07, 6.45) is 2.35. The molecule has 7 nitrogen and oxygen atoms in total. The van der Waals surface area contributed by atoms with Gasteiger partial charge < -0.3 is 10.5 Å². The van der Waals surface area contributed by atoms with Crippen molar-refractivity contribution in [3.8, 4) is 5.75 Å². The van der Waals surface area contributed by atoms with Gasteiger partial charge in [0.05, 0.1) is 24.3 Å². The van der Waals surface area contributed by atoms with E-state index in [1.54, 1.807) is 31.6 Å². The van der Waals surface area contributed by atoms with E-state index in [0.717, 1.165) is 11.3 Å². The summed E-state index contributed by atoms with van der Waals surface area (Å²) in [4.78, 5) is 17.9. The second-order valence-electron chi connectivity index (χ2n) is 6.48. The number of carbonyl (C=O) groups excluding carboxylic acids is 1. The lowest BCUT2D eigenvalue weighted by Crippen LogP contribution is -2.07. The highest BCUT2D eigenvalue weighted by Crippen LogP contribution is 2.32. The third-order valence-corrected chi connectivity index (χ3v) is 5.42. The van der Waals surface area contributed by atoms with Gasteiger partial charge in [0, 0.05) is 34.2 Å². The van der Waals surface area contributed by atoms with E-state index in [0.29, 0.717) is 40.2 Å². The van der Waals surface area contributed by atoms with Gasteiger partial charge in [-0.3, -0.25) is 14.2 Å². The van der Waals surface area contributed by atoms with E-state index in [1.165, 1.54) is 11.8 Å². The van der Waals surface area contributed by atoms with Crippen LogP contribution in [0.3, 0.4) is 0 Å². The van der Waals surface area contributed by atoms with Gasteiger partial charge >= 0.3 is 0 Å². The van der Waals surface area contributed by atoms with Crippen LogP contribution in [0.25, 0.3) is 22.3 Å². The van der Waals surface area contributed by atoms with Crippen LogP contribution in [0.2, 0.25) is 0 Å². The molecular formula is C20H19N5O2S. The molecule has 0 spiro atoms. The highest BCUT2D eigenvalue weighted by molar-refractivity contribution is 7.09. The molecule has 142 valence electrons. The molecule has 0 aliphatic heterocycles. The average Bonchev–Trinajstić information content (AvgIpc) is 3.31. The Kier molecular flexibility index (Phi) is 4.56. The minimum atomic E-state index is -0.124. The Bertz CT molecular complexity index is 1220. The first kappa shape index (κ1) is 18.1. The van der Waals surface area contributed by atoms with Crippen LogP contribution < -0.4 is 10.5 Å². The molecule has 4 aromatic rings. The van der Waals surface area contributed by atoms with Crippen LogP contribution in [0.4, 0.5) is 0 Å². The van der Waals surface area contributed by atoms with Gasteiger partial charge in [0.15, 0.2) is 11.4 Å². The van der Waals surface area contributed by atoms with Crippen molar-refractivity contribution < 1.29 is 9.53 Å². The van der Waals surface area contributed by atoms with E-state index in [-0.39, 0.29) is 5.78 Å². The molecule has 0 bridgehead atoms. The predicted molar refractivity (Wildman–Crippen MR) is 109 cm³/mol. The van der Waals surface area contributed by atoms with Crippen LogP contribution in [0.1, 0.15) is 30.1 Å². The van der Waals surface area contributed by atoms with Crippen molar-refractivity contribution in [1.82, 2.24) is 19.6 Å². The number of Topliss-reactive ketones (excluding diaryl/α,β-unsaturated/α-hetero) is 1. The standard InChI is InChI=1S/C20H19N5O2S/c1-11(21)20(12(2)26)14-8-15-16(9-17(14)27-3)25-18(7-13-5-4-6-28-13)23-24-19(25)10-22-15/h4-6,8-10H,7,21H2,1-3H3. The maximum atomic E-state index is 12.2. The average molecular weight is 393 g/mol. The molecule has 0 saturated heterocycles. The van der Waals surface area contributed by atoms with Crippen molar-refractivity contribution >= 4 is 39.4 Å². The monoisotopic (exact) mass is 393 g/mol. The number of methoxy groups -OCH3 is 1. The Hall–Kier alpha value is -3.26. The molecule has 0 radical (unpaired) electrons. The molecule has 0 amide bonds. The zero-order valence-electron chi connectivity index (χ0n) is 15.8. The molecule has 4 rings (SSSR count). The fourth-order valence-electron chi connectivity index (χ4n) is 3.37. The summed E-state index contributed by atoms with van der Waals surface area (Å²) in [5.74, 6) is 1.24. The number of ketones is 1. The van der Waals surface area contributed by atoms with Gasteiger partial charge in [-0.25, -0.2) is 0 Å². The van der Waals surface area contributed by atoms with Crippen molar-refractivity contribution in [2.45, 2.75) is 20.3 Å². The van der Waals surface area contributed by atoms with Crippen molar-refractivity contribution in [2.24, 2.45) is 5.73 Å². The number of nitrogens with zero attached hydrogens (tertiary/aromatic N) is 4. The van der Waals surface area contributed by atoms with Crippen molar-refractivity contribution in [1.29, 1.82) is 0 Å². The van der Waals surface area contributed by atoms with Gasteiger partial charge in [0.1, 0.15) is 11.6 Å². The first-order chi connectivity index (χ1) is 13.5. The number of thiophene rings is 1. The van der Waals surface area contributed by atoms with Gasteiger partial charge in [-0.15, -0.1) is 21.5 Å². The molecule has 0 saturated carbocycles. The lowest BCUT2D eigenvalue weighted by molar-refractivity contribution is -0.111. The van der Waals surface area contributed by atoms with E-state index >= 15 is 0 Å². The van der Waals surface area contributed by atoms with Crippen molar-refractivity contribution in [3.63, 3.8) is 0 Å². The minimum absolute atomic E-state index is 0.124. The Morgan fingerprint density at radius 3 is 2.75 bits per heavy atom. The van der Waals surface area contributed by atoms with Gasteiger partial charge in [-0.2, -0.15) is 0 Å². The molecule has 3 heterocycles. The summed E-state index contributed by atoms with van der Waals surface area (Å²) < 4.78 is 7.56. The molecule has 0 fully saturated rings. The Labute approximate surface area is 165 Å². The van der Waals surface area contributed by atoms with E-state index in [4.69, 9.17) is 10.5 Å². The zero-order valence-corrected chi connectivity index (χ0v) is 16.6. The lowest BCUT2D eigenvalue weighted by atomic mass is 9.99. The fraction of sp³-hybridized carbons (Fsp3) is 0.200. The van der Waals surface area contributed by atoms with E-state index < -0.39 is 0 Å². The third-order valence-electron chi connectivity index (χ3n) is 4.54. The molecule has 0 atom stereocenters. The summed E-state index contributed by atoms with van der Waals surface area (Å²) in [7, 11) is 1.57. The number of hydrogen-bond donors (Lipinski definition) is 1. The van der Waals surface area contributed by atoms with Crippen LogP contribution in [0, 0.1) is 0 Å². The molecule has 8 heteroatoms. The van der Waals surface area contributed by atoms with E-state index in [1.807, 2.05) is 28.0 Å². The molecule has 28 heavy (non-hydrogen) atoms. The number of fused-ring (bicyclic) bond motifs is 3. The quantitative estimate of drug-likeness (QED) is 0.523. The molecule has 0 aliphatic rings. The number of benzene rings is 1. The van der Waals surface area contributed by atoms with Crippen molar-refractivity contribution in [3.05, 3.63) is 57.8 Å². The van der Waals surface area contributed by atoms with Gasteiger partial charge in [0.25, 0.3) is 0 Å². The molecular weight excluding hydrogens is 374 g/mol. The van der Waals surface area contributed by atoms with Crippen molar-refractivity contribution in [2.75, 3.05) is 7.11 Å². The van der Waals surface area contributed by atoms with Gasteiger partial charge in [0.2, 0.25) is 0 Å². The lowest BCUT2D eigenvalue weighted by Gasteiger charge is -2.14. The van der Waals surface area contributed by atoms with Crippen LogP contribution in [0.5, 0.6) is 5.75 Å². The second-order valence-corrected chi connectivity index (χ2v) is 7.51. The SMILES string of the molecule is COc1cc2c(cc1C(C(C)=O)=C(C)N)ncc1nnc(Cc3cccs3)n12. The smallest absolute Gasteiger partial charge is 0.179 e. The third kappa shape index (κ3) is 3.01. The Morgan fingerprint density at radius 2 is 2.11 bits per heavy atom. The zero-order chi connectivity index (χ0) is 19.8. The highest BCUT2D eigenvalue weighted by atomic mass is 32.1. The topological polar surface area (TPSA) is 95.4 Å². The summed E-state index contributed by atoms with van der Waals surface area (Å²) in [5, 5.41) is 10.6. The fourth-order valence-corrected chi connectivity index (χ4v) is 4.07. The number of nitrogens with two attached hydrogens (primary N) is 1. The summed E-state index contributed by atoms with van der Waals surface area (Å²) in [5.41, 5.74) is 9.64. The van der Waals surface area contributed by atoms with Crippen LogP contribution >= 0.6 is 11.3 Å².